The molecule has 3 heterocycles. The number of nitrogens with two attached hydrogens (primary N) is 1. The average Bonchev–Trinajstić information content (AvgIpc) is 4.18. The highest BCUT2D eigenvalue weighted by Gasteiger charge is 2.51. The second kappa shape index (κ2) is 29.9. The fraction of sp³-hybridized carbons (Fsp3) is 0.559. The number of allylic oxidation sites excluding steroid dienone is 9. The Morgan fingerprint density at radius 3 is 2.38 bits per heavy atom. The highest BCUT2D eigenvalue weighted by Crippen LogP contribution is 2.54. The number of nitrogens with one attached hydrogen (secondary N) is 7. The van der Waals surface area contributed by atoms with Crippen molar-refractivity contribution < 1.29 is 52.8 Å². The van der Waals surface area contributed by atoms with Crippen LogP contribution in [0.25, 0.3) is 0 Å². The molecule has 12 atom stereocenters. The van der Waals surface area contributed by atoms with Crippen LogP contribution < -0.4 is 43.3 Å². The van der Waals surface area contributed by atoms with E-state index in [1.54, 1.807) is 38.1 Å². The van der Waals surface area contributed by atoms with Crippen molar-refractivity contribution in [2.75, 3.05) is 25.5 Å². The molecule has 1 saturated carbocycles. The number of ether oxygens (including phenoxy) is 4. The second-order valence-electron chi connectivity index (χ2n) is 21.9. The van der Waals surface area contributed by atoms with Crippen LogP contribution in [0.2, 0.25) is 0 Å². The molecule has 6 rings (SSSR count). The fourth-order valence-corrected chi connectivity index (χ4v) is 10.7. The number of carbonyl (C=O) groups is 6. The minimum absolute atomic E-state index is 0.100. The van der Waals surface area contributed by atoms with Gasteiger partial charge in [0.2, 0.25) is 11.8 Å². The van der Waals surface area contributed by atoms with Gasteiger partial charge in [0, 0.05) is 49.8 Å². The number of fused-ring (bicyclic) bond motifs is 1. The Bertz CT molecular complexity index is 2500. The van der Waals surface area contributed by atoms with Crippen LogP contribution >= 0.6 is 0 Å². The van der Waals surface area contributed by atoms with Gasteiger partial charge in [0.05, 0.1) is 36.7 Å². The number of anilines is 1. The first-order chi connectivity index (χ1) is 37.8. The van der Waals surface area contributed by atoms with Gasteiger partial charge in [-0.25, -0.2) is 19.2 Å². The molecule has 0 radical (unpaired) electrons. The molecule has 0 spiro atoms. The Hall–Kier alpha value is -6.90. The van der Waals surface area contributed by atoms with E-state index in [4.69, 9.17) is 24.7 Å². The summed E-state index contributed by atoms with van der Waals surface area (Å²) >= 11 is 0. The number of rotatable bonds is 24. The van der Waals surface area contributed by atoms with E-state index in [9.17, 15) is 33.9 Å². The summed E-state index contributed by atoms with van der Waals surface area (Å²) in [6, 6.07) is 3.25. The van der Waals surface area contributed by atoms with E-state index in [2.05, 4.69) is 50.5 Å². The van der Waals surface area contributed by atoms with Crippen molar-refractivity contribution in [2.45, 2.75) is 155 Å². The quantitative estimate of drug-likeness (QED) is 0.0164. The molecule has 0 aromatic heterocycles. The van der Waals surface area contributed by atoms with Gasteiger partial charge in [-0.2, -0.15) is 0 Å². The number of urea groups is 1. The molecule has 6 amide bonds. The molecule has 79 heavy (non-hydrogen) atoms. The SMILES string of the molecule is C/C=C/[C@@H]1O[C@H]([C@H](/C=C/C=C(\C)C[C@@H](C)/C=C\C=C(/C)[C@H]2CC=CC(=O)O2)NC(=O)OCc2ccc(NC(=O)[C@H](CCCNC(N)=O)NC(=O)[C@@H](NC(=O)OC[C@@H]3[C@@H]4CCC5=C(CC[C@@H]43)N(C)NN5)C(C)C)cc2)C[C@@H](O)[C@@H]1C. The smallest absolute Gasteiger partial charge is 0.408 e. The van der Waals surface area contributed by atoms with Gasteiger partial charge in [-0.1, -0.05) is 100 Å². The van der Waals surface area contributed by atoms with Gasteiger partial charge in [0.1, 0.15) is 24.8 Å². The number of esters is 1. The summed E-state index contributed by atoms with van der Waals surface area (Å²) in [5, 5.41) is 26.9. The normalized spacial score (nSPS) is 25.7. The maximum absolute atomic E-state index is 13.8. The second-order valence-corrected chi connectivity index (χ2v) is 21.9. The highest BCUT2D eigenvalue weighted by atomic mass is 16.6. The molecule has 2 fully saturated rings. The molecular weight excluding hydrogens is 1010 g/mol. The molecule has 432 valence electrons. The number of aliphatic hydroxyl groups is 1. The Balaban J connectivity index is 1.01. The van der Waals surface area contributed by atoms with E-state index in [1.807, 2.05) is 88.4 Å². The maximum Gasteiger partial charge on any atom is 0.408 e. The van der Waals surface area contributed by atoms with Gasteiger partial charge in [0.25, 0.3) is 0 Å². The molecule has 10 N–H and O–H groups in total. The van der Waals surface area contributed by atoms with Crippen molar-refractivity contribution in [3.8, 4) is 0 Å². The maximum atomic E-state index is 13.8. The van der Waals surface area contributed by atoms with Crippen LogP contribution in [-0.4, -0.2) is 109 Å². The van der Waals surface area contributed by atoms with Gasteiger partial charge in [0.15, 0.2) is 0 Å². The monoisotopic (exact) mass is 1100 g/mol. The van der Waals surface area contributed by atoms with E-state index in [0.717, 1.165) is 43.3 Å². The number of hydrogen-bond acceptors (Lipinski definition) is 14. The zero-order valence-corrected chi connectivity index (χ0v) is 47.1. The number of hydrazine groups is 2. The Labute approximate surface area is 465 Å². The first kappa shape index (κ1) is 61.3. The molecule has 3 aliphatic heterocycles. The molecule has 0 unspecified atom stereocenters. The minimum atomic E-state index is -1.06. The van der Waals surface area contributed by atoms with Crippen LogP contribution in [-0.2, 0) is 39.9 Å². The number of cyclic esters (lactones) is 1. The highest BCUT2D eigenvalue weighted by molar-refractivity contribution is 5.98. The molecule has 20 nitrogen and oxygen atoms in total. The van der Waals surface area contributed by atoms with E-state index in [0.29, 0.717) is 42.3 Å². The first-order valence-corrected chi connectivity index (χ1v) is 27.9. The number of amides is 6. The molecule has 5 aliphatic rings. The van der Waals surface area contributed by atoms with Gasteiger partial charge >= 0.3 is 24.2 Å². The largest absolute Gasteiger partial charge is 0.454 e. The van der Waals surface area contributed by atoms with Crippen LogP contribution in [0.15, 0.2) is 108 Å². The Morgan fingerprint density at radius 2 is 1.67 bits per heavy atom. The van der Waals surface area contributed by atoms with Crippen LogP contribution in [0.1, 0.15) is 112 Å². The fourth-order valence-electron chi connectivity index (χ4n) is 10.7. The minimum Gasteiger partial charge on any atom is -0.454 e. The lowest BCUT2D eigenvalue weighted by Gasteiger charge is -2.39. The van der Waals surface area contributed by atoms with Gasteiger partial charge < -0.3 is 61.8 Å². The number of nitrogens with zero attached hydrogens (tertiary/aromatic N) is 1. The molecular formula is C59H85N9O11. The summed E-state index contributed by atoms with van der Waals surface area (Å²) in [5.74, 6) is -0.519. The lowest BCUT2D eigenvalue weighted by atomic mass is 9.87. The van der Waals surface area contributed by atoms with Crippen molar-refractivity contribution >= 4 is 41.7 Å². The Kier molecular flexibility index (Phi) is 23.2. The van der Waals surface area contributed by atoms with Crippen molar-refractivity contribution in [1.82, 2.24) is 37.2 Å². The van der Waals surface area contributed by atoms with E-state index in [-0.39, 0.29) is 68.0 Å². The van der Waals surface area contributed by atoms with Crippen molar-refractivity contribution in [3.63, 3.8) is 0 Å². The molecule has 20 heteroatoms. The first-order valence-electron chi connectivity index (χ1n) is 27.9. The van der Waals surface area contributed by atoms with Crippen molar-refractivity contribution in [1.29, 1.82) is 0 Å². The lowest BCUT2D eigenvalue weighted by Crippen LogP contribution is -2.54. The third kappa shape index (κ3) is 18.9. The van der Waals surface area contributed by atoms with E-state index in [1.165, 1.54) is 17.5 Å². The van der Waals surface area contributed by atoms with Gasteiger partial charge in [-0.3, -0.25) is 14.6 Å². The lowest BCUT2D eigenvalue weighted by molar-refractivity contribution is -0.142. The van der Waals surface area contributed by atoms with Crippen molar-refractivity contribution in [2.24, 2.45) is 41.2 Å². The molecule has 1 aromatic rings. The standard InChI is InChI=1S/C59H85N9O11/c1-9-14-51-39(7)49(69)32-52(78-51)46(18-11-16-37(5)31-36(4)15-10-17-38(6)50-20-12-21-53(70)79-50)64-58(74)76-33-40-22-24-41(25-23-40)62-55(71)47(19-13-30-61-57(60)73)63-56(72)54(35(2)3)65-59(75)77-34-44-42-26-28-45-48(29-27-43(42)44)68(8)67-66-45/h9-12,14-18,21-25,35-36,39,42-44,46-47,49-52,54,66-67,69H,13,19-20,26-34H2,1-8H3,(H,62,71)(H,63,72)(H,64,74)(H,65,75)(H3,60,61,73)/b14-9+,15-10-,18-11+,37-16+,38-17+/t36-,39-,42+,43-,44+,46-,47-,49+,50+,51-,52-,54-/m0/s1. The third-order valence-corrected chi connectivity index (χ3v) is 15.4. The summed E-state index contributed by atoms with van der Waals surface area (Å²) in [6.07, 6.45) is 21.6. The predicted molar refractivity (Wildman–Crippen MR) is 301 cm³/mol. The molecule has 1 aromatic carbocycles. The topological polar surface area (TPSA) is 273 Å². The van der Waals surface area contributed by atoms with E-state index < -0.39 is 60.4 Å². The number of alkyl carbamates (subject to hydrolysis) is 2. The summed E-state index contributed by atoms with van der Waals surface area (Å²) in [7, 11) is 1.99. The third-order valence-electron chi connectivity index (χ3n) is 15.4. The molecule has 0 bridgehead atoms. The number of aliphatic hydroxyl groups excluding tert-OH is 1. The average molecular weight is 1100 g/mol. The summed E-state index contributed by atoms with van der Waals surface area (Å²) in [4.78, 5) is 77.3. The summed E-state index contributed by atoms with van der Waals surface area (Å²) < 4.78 is 23.2. The number of hydrogen-bond donors (Lipinski definition) is 9. The van der Waals surface area contributed by atoms with Crippen LogP contribution in [0.4, 0.5) is 20.1 Å². The number of primary amides is 1. The van der Waals surface area contributed by atoms with Gasteiger partial charge in [-0.15, -0.1) is 5.53 Å². The summed E-state index contributed by atoms with van der Waals surface area (Å²) in [6.45, 7) is 13.8. The van der Waals surface area contributed by atoms with Crippen LogP contribution in [0.3, 0.4) is 0 Å². The van der Waals surface area contributed by atoms with Gasteiger partial charge in [-0.05, 0) is 119 Å². The number of benzene rings is 1. The summed E-state index contributed by atoms with van der Waals surface area (Å²) in [5.41, 5.74) is 17.3. The molecule has 1 saturated heterocycles. The number of carbonyl (C=O) groups excluding carboxylic acids is 6. The molecule has 2 aliphatic carbocycles. The Morgan fingerprint density at radius 1 is 0.949 bits per heavy atom. The zero-order valence-electron chi connectivity index (χ0n) is 47.1. The predicted octanol–water partition coefficient (Wildman–Crippen LogP) is 7.14. The van der Waals surface area contributed by atoms with Crippen molar-refractivity contribution in [3.05, 3.63) is 113 Å². The van der Waals surface area contributed by atoms with Crippen LogP contribution in [0, 0.1) is 35.5 Å². The van der Waals surface area contributed by atoms with Crippen LogP contribution in [0.5, 0.6) is 0 Å². The van der Waals surface area contributed by atoms with E-state index >= 15 is 0 Å². The zero-order chi connectivity index (χ0) is 57.2.